The Kier molecular flexibility index (Phi) is 9.22. The maximum Gasteiger partial charge on any atom is 0.304 e. The number of amides is 1. The molecule has 0 spiro atoms. The molecule has 0 saturated carbocycles. The van der Waals surface area contributed by atoms with Gasteiger partial charge in [-0.3, -0.25) is 9.59 Å². The number of nitrogens with one attached hydrogen (secondary N) is 1. The molecule has 2 aromatic carbocycles. The summed E-state index contributed by atoms with van der Waals surface area (Å²) in [5, 5.41) is 10.8. The number of nitrogens with zero attached hydrogens (tertiary/aromatic N) is 1. The zero-order valence-corrected chi connectivity index (χ0v) is 25.2. The number of ether oxygens (including phenoxy) is 1. The number of rotatable bonds is 11. The monoisotopic (exact) mass is 610 g/mol. The van der Waals surface area contributed by atoms with Gasteiger partial charge in [0.05, 0.1) is 36.8 Å². The fourth-order valence-corrected chi connectivity index (χ4v) is 7.42. The van der Waals surface area contributed by atoms with Crippen molar-refractivity contribution in [1.29, 1.82) is 0 Å². The summed E-state index contributed by atoms with van der Waals surface area (Å²) < 4.78 is 33.7. The van der Waals surface area contributed by atoms with Gasteiger partial charge in [-0.25, -0.2) is 13.1 Å². The van der Waals surface area contributed by atoms with Gasteiger partial charge in [0.2, 0.25) is 15.9 Å². The van der Waals surface area contributed by atoms with E-state index in [0.29, 0.717) is 23.3 Å². The molecule has 218 valence electrons. The van der Waals surface area contributed by atoms with E-state index in [4.69, 9.17) is 27.9 Å². The number of likely N-dealkylation sites (tertiary alicyclic amines) is 1. The maximum absolute atomic E-state index is 14.2. The SMILES string of the molecule is C[C@@H](CCS(=O)(=O)NCC1(C)COC1)N1C(=O)[C@@](C)(CC(=O)O)C[C@H](c2cccc(Cl)c2)[C@H]1c1ccc(Cl)cc1. The molecule has 0 bridgehead atoms. The average molecular weight is 612 g/mol. The van der Waals surface area contributed by atoms with E-state index in [-0.39, 0.29) is 48.8 Å². The fraction of sp³-hybridized carbons (Fsp3) is 0.517. The summed E-state index contributed by atoms with van der Waals surface area (Å²) in [6.07, 6.45) is 0.110. The van der Waals surface area contributed by atoms with Gasteiger partial charge in [0.15, 0.2) is 0 Å². The lowest BCUT2D eigenvalue weighted by Gasteiger charge is -2.51. The number of carbonyl (C=O) groups excluding carboxylic acids is 1. The van der Waals surface area contributed by atoms with Crippen LogP contribution in [-0.4, -0.2) is 61.9 Å². The van der Waals surface area contributed by atoms with Gasteiger partial charge >= 0.3 is 5.97 Å². The van der Waals surface area contributed by atoms with Crippen LogP contribution in [0, 0.1) is 10.8 Å². The second-order valence-corrected chi connectivity index (χ2v) is 14.6. The van der Waals surface area contributed by atoms with E-state index in [0.717, 1.165) is 11.1 Å². The van der Waals surface area contributed by atoms with Gasteiger partial charge in [-0.15, -0.1) is 0 Å². The van der Waals surface area contributed by atoms with Gasteiger partial charge in [-0.2, -0.15) is 0 Å². The van der Waals surface area contributed by atoms with E-state index in [9.17, 15) is 23.1 Å². The summed E-state index contributed by atoms with van der Waals surface area (Å²) in [5.41, 5.74) is 0.278. The minimum absolute atomic E-state index is 0.170. The van der Waals surface area contributed by atoms with Crippen LogP contribution in [0.3, 0.4) is 0 Å². The molecular weight excluding hydrogens is 575 g/mol. The Hall–Kier alpha value is -2.17. The van der Waals surface area contributed by atoms with Crippen LogP contribution < -0.4 is 4.72 Å². The van der Waals surface area contributed by atoms with Crippen LogP contribution in [0.1, 0.15) is 63.1 Å². The molecule has 2 saturated heterocycles. The molecule has 8 nitrogen and oxygen atoms in total. The maximum atomic E-state index is 14.2. The lowest BCUT2D eigenvalue weighted by atomic mass is 9.67. The standard InChI is InChI=1S/C29H36Cl2N2O6S/c1-19(11-12-40(37,38)32-16-28(2)17-39-18-28)33-26(20-7-9-22(30)10-8-20)24(21-5-4-6-23(31)13-21)14-29(3,27(33)36)15-25(34)35/h4-10,13,19,24,26,32H,11-12,14-18H2,1-3H3,(H,34,35)/t19-,24+,26+,29+/m0/s1. The molecule has 2 heterocycles. The number of carboxylic acid groups (broad SMARTS) is 1. The number of carboxylic acids is 1. The van der Waals surface area contributed by atoms with Crippen molar-refractivity contribution in [2.24, 2.45) is 10.8 Å². The van der Waals surface area contributed by atoms with Crippen molar-refractivity contribution in [3.05, 3.63) is 69.7 Å². The van der Waals surface area contributed by atoms with Crippen molar-refractivity contribution in [2.45, 2.75) is 58.0 Å². The minimum Gasteiger partial charge on any atom is -0.481 e. The Balaban J connectivity index is 1.70. The van der Waals surface area contributed by atoms with E-state index < -0.39 is 33.5 Å². The summed E-state index contributed by atoms with van der Waals surface area (Å²) in [7, 11) is -3.62. The zero-order valence-electron chi connectivity index (χ0n) is 22.9. The van der Waals surface area contributed by atoms with Crippen LogP contribution in [-0.2, 0) is 24.3 Å². The molecule has 0 aromatic heterocycles. The Labute approximate surface area is 246 Å². The highest BCUT2D eigenvalue weighted by Crippen LogP contribution is 2.52. The van der Waals surface area contributed by atoms with Crippen molar-refractivity contribution >= 4 is 45.1 Å². The second-order valence-electron chi connectivity index (χ2n) is 11.8. The summed E-state index contributed by atoms with van der Waals surface area (Å²) >= 11 is 12.6. The molecule has 0 aliphatic carbocycles. The number of piperidine rings is 1. The summed E-state index contributed by atoms with van der Waals surface area (Å²) in [6, 6.07) is 13.6. The number of hydrogen-bond donors (Lipinski definition) is 2. The topological polar surface area (TPSA) is 113 Å². The predicted octanol–water partition coefficient (Wildman–Crippen LogP) is 5.27. The quantitative estimate of drug-likeness (QED) is 0.358. The third-order valence-corrected chi connectivity index (χ3v) is 9.88. The Morgan fingerprint density at radius 1 is 1.12 bits per heavy atom. The first-order valence-electron chi connectivity index (χ1n) is 13.3. The van der Waals surface area contributed by atoms with Gasteiger partial charge in [-0.05, 0) is 55.2 Å². The zero-order chi connectivity index (χ0) is 29.3. The van der Waals surface area contributed by atoms with Crippen LogP contribution in [0.2, 0.25) is 10.0 Å². The highest BCUT2D eigenvalue weighted by Gasteiger charge is 2.52. The van der Waals surface area contributed by atoms with Gasteiger partial charge in [0.25, 0.3) is 0 Å². The minimum atomic E-state index is -3.62. The van der Waals surface area contributed by atoms with Crippen LogP contribution in [0.4, 0.5) is 0 Å². The molecular formula is C29H36Cl2N2O6S. The van der Waals surface area contributed by atoms with E-state index in [1.54, 1.807) is 30.0 Å². The van der Waals surface area contributed by atoms with Crippen molar-refractivity contribution in [2.75, 3.05) is 25.5 Å². The molecule has 1 amide bonds. The predicted molar refractivity (Wildman–Crippen MR) is 155 cm³/mol. The highest BCUT2D eigenvalue weighted by atomic mass is 35.5. The number of aliphatic carboxylic acids is 1. The highest BCUT2D eigenvalue weighted by molar-refractivity contribution is 7.89. The Bertz CT molecular complexity index is 1350. The molecule has 2 N–H and O–H groups in total. The van der Waals surface area contributed by atoms with Crippen molar-refractivity contribution < 1.29 is 27.9 Å². The van der Waals surface area contributed by atoms with Crippen LogP contribution in [0.15, 0.2) is 48.5 Å². The number of halogens is 2. The molecule has 11 heteroatoms. The lowest BCUT2D eigenvalue weighted by Crippen LogP contribution is -2.56. The van der Waals surface area contributed by atoms with Gasteiger partial charge < -0.3 is 14.7 Å². The number of carbonyl (C=O) groups is 2. The third kappa shape index (κ3) is 6.99. The molecule has 2 aromatic rings. The Morgan fingerprint density at radius 3 is 2.38 bits per heavy atom. The molecule has 2 aliphatic rings. The van der Waals surface area contributed by atoms with E-state index in [1.165, 1.54) is 0 Å². The molecule has 0 unspecified atom stereocenters. The fourth-order valence-electron chi connectivity index (χ4n) is 5.74. The van der Waals surface area contributed by atoms with Crippen molar-refractivity contribution in [3.63, 3.8) is 0 Å². The molecule has 4 rings (SSSR count). The second kappa shape index (κ2) is 12.0. The van der Waals surface area contributed by atoms with Crippen LogP contribution >= 0.6 is 23.2 Å². The summed E-state index contributed by atoms with van der Waals surface area (Å²) in [4.78, 5) is 27.8. The number of benzene rings is 2. The van der Waals surface area contributed by atoms with E-state index in [1.807, 2.05) is 44.2 Å². The first kappa shape index (κ1) is 30.8. The molecule has 4 atom stereocenters. The van der Waals surface area contributed by atoms with Crippen molar-refractivity contribution in [3.8, 4) is 0 Å². The Morgan fingerprint density at radius 2 is 1.80 bits per heavy atom. The molecule has 2 aliphatic heterocycles. The van der Waals surface area contributed by atoms with Gasteiger partial charge in [0.1, 0.15) is 0 Å². The average Bonchev–Trinajstić information content (AvgIpc) is 2.86. The van der Waals surface area contributed by atoms with Crippen molar-refractivity contribution in [1.82, 2.24) is 9.62 Å². The van der Waals surface area contributed by atoms with Crippen LogP contribution in [0.25, 0.3) is 0 Å². The molecule has 0 radical (unpaired) electrons. The van der Waals surface area contributed by atoms with E-state index in [2.05, 4.69) is 4.72 Å². The van der Waals surface area contributed by atoms with Crippen LogP contribution in [0.5, 0.6) is 0 Å². The van der Waals surface area contributed by atoms with Gasteiger partial charge in [0, 0.05) is 34.0 Å². The molecule has 40 heavy (non-hydrogen) atoms. The summed E-state index contributed by atoms with van der Waals surface area (Å²) in [6.45, 7) is 6.75. The number of sulfonamides is 1. The normalized spacial score (nSPS) is 25.3. The summed E-state index contributed by atoms with van der Waals surface area (Å²) in [5.74, 6) is -1.86. The van der Waals surface area contributed by atoms with E-state index >= 15 is 0 Å². The number of hydrogen-bond acceptors (Lipinski definition) is 5. The molecule has 2 fully saturated rings. The first-order valence-corrected chi connectivity index (χ1v) is 15.7. The first-order chi connectivity index (χ1) is 18.7. The van der Waals surface area contributed by atoms with Gasteiger partial charge in [-0.1, -0.05) is 61.3 Å². The lowest BCUT2D eigenvalue weighted by molar-refractivity contribution is -0.160. The largest absolute Gasteiger partial charge is 0.481 e. The third-order valence-electron chi connectivity index (χ3n) is 8.03. The smallest absolute Gasteiger partial charge is 0.304 e.